The van der Waals surface area contributed by atoms with Crippen LogP contribution in [0, 0.1) is 5.41 Å². The van der Waals surface area contributed by atoms with Crippen molar-refractivity contribution >= 4 is 11.5 Å². The Bertz CT molecular complexity index is 440. The molecule has 0 bridgehead atoms. The standard InChI is InChI=1S/C13H20N4O/c1-17(9-13(18)5-2-3-6-13)11-8-16-7-4-10(11)12(14)15/h4,7-8,18H,2-3,5-6,9H2,1H3,(H3,14,15). The lowest BCUT2D eigenvalue weighted by Gasteiger charge is -2.30. The SMILES string of the molecule is CN(CC1(O)CCCC1)c1cnccc1C(=N)N. The molecule has 1 aliphatic carbocycles. The summed E-state index contributed by atoms with van der Waals surface area (Å²) in [7, 11) is 1.90. The summed E-state index contributed by atoms with van der Waals surface area (Å²) in [6.07, 6.45) is 7.15. The van der Waals surface area contributed by atoms with E-state index in [4.69, 9.17) is 11.1 Å². The molecule has 0 amide bonds. The number of amidine groups is 1. The zero-order chi connectivity index (χ0) is 13.2. The number of hydrogen-bond donors (Lipinski definition) is 3. The van der Waals surface area contributed by atoms with Crippen LogP contribution < -0.4 is 10.6 Å². The first-order valence-corrected chi connectivity index (χ1v) is 6.24. The molecule has 1 heterocycles. The number of likely N-dealkylation sites (N-methyl/N-ethyl adjacent to an activating group) is 1. The second-order valence-electron chi connectivity index (χ2n) is 5.09. The monoisotopic (exact) mass is 248 g/mol. The second kappa shape index (κ2) is 4.94. The van der Waals surface area contributed by atoms with E-state index in [1.54, 1.807) is 18.5 Å². The molecule has 0 saturated heterocycles. The van der Waals surface area contributed by atoms with Gasteiger partial charge in [0.1, 0.15) is 5.84 Å². The first kappa shape index (κ1) is 12.8. The summed E-state index contributed by atoms with van der Waals surface area (Å²) in [6.45, 7) is 0.555. The maximum Gasteiger partial charge on any atom is 0.125 e. The number of rotatable bonds is 4. The van der Waals surface area contributed by atoms with Crippen LogP contribution >= 0.6 is 0 Å². The van der Waals surface area contributed by atoms with Crippen molar-refractivity contribution in [1.82, 2.24) is 4.98 Å². The summed E-state index contributed by atoms with van der Waals surface area (Å²) in [6, 6.07) is 1.73. The predicted octanol–water partition coefficient (Wildman–Crippen LogP) is 1.11. The third-order valence-electron chi connectivity index (χ3n) is 3.57. The molecule has 0 radical (unpaired) electrons. The van der Waals surface area contributed by atoms with E-state index in [1.165, 1.54) is 0 Å². The number of pyridine rings is 1. The van der Waals surface area contributed by atoms with Crippen LogP contribution in [0.4, 0.5) is 5.69 Å². The Labute approximate surface area is 107 Å². The number of hydrogen-bond acceptors (Lipinski definition) is 4. The summed E-state index contributed by atoms with van der Waals surface area (Å²) in [5.41, 5.74) is 6.41. The molecule has 2 rings (SSSR count). The van der Waals surface area contributed by atoms with E-state index >= 15 is 0 Å². The Morgan fingerprint density at radius 3 is 2.83 bits per heavy atom. The van der Waals surface area contributed by atoms with Crippen LogP contribution in [0.5, 0.6) is 0 Å². The fourth-order valence-electron chi connectivity index (χ4n) is 2.64. The van der Waals surface area contributed by atoms with Gasteiger partial charge in [-0.3, -0.25) is 10.4 Å². The lowest BCUT2D eigenvalue weighted by molar-refractivity contribution is 0.0559. The van der Waals surface area contributed by atoms with E-state index in [0.717, 1.165) is 31.4 Å². The van der Waals surface area contributed by atoms with Crippen molar-refractivity contribution in [3.8, 4) is 0 Å². The van der Waals surface area contributed by atoms with E-state index in [2.05, 4.69) is 4.98 Å². The van der Waals surface area contributed by atoms with Crippen molar-refractivity contribution < 1.29 is 5.11 Å². The van der Waals surface area contributed by atoms with Gasteiger partial charge in [-0.05, 0) is 18.9 Å². The molecule has 1 aromatic rings. The van der Waals surface area contributed by atoms with Crippen molar-refractivity contribution in [2.24, 2.45) is 5.73 Å². The molecule has 0 aliphatic heterocycles. The molecular weight excluding hydrogens is 228 g/mol. The molecule has 18 heavy (non-hydrogen) atoms. The van der Waals surface area contributed by atoms with Crippen LogP contribution in [0.25, 0.3) is 0 Å². The molecule has 1 fully saturated rings. The van der Waals surface area contributed by atoms with Crippen LogP contribution in [0.1, 0.15) is 31.2 Å². The van der Waals surface area contributed by atoms with E-state index < -0.39 is 5.60 Å². The molecule has 5 nitrogen and oxygen atoms in total. The smallest absolute Gasteiger partial charge is 0.125 e. The predicted molar refractivity (Wildman–Crippen MR) is 71.9 cm³/mol. The van der Waals surface area contributed by atoms with E-state index in [1.807, 2.05) is 11.9 Å². The lowest BCUT2D eigenvalue weighted by Crippen LogP contribution is -2.40. The number of anilines is 1. The van der Waals surface area contributed by atoms with Crippen LogP contribution in [0.3, 0.4) is 0 Å². The molecule has 1 saturated carbocycles. The molecule has 98 valence electrons. The third-order valence-corrected chi connectivity index (χ3v) is 3.57. The molecule has 0 unspecified atom stereocenters. The zero-order valence-electron chi connectivity index (χ0n) is 10.7. The molecule has 0 aromatic carbocycles. The Hall–Kier alpha value is -1.62. The van der Waals surface area contributed by atoms with Crippen molar-refractivity contribution in [1.29, 1.82) is 5.41 Å². The topological polar surface area (TPSA) is 86.2 Å². The summed E-state index contributed by atoms with van der Waals surface area (Å²) in [5, 5.41) is 18.0. The number of nitrogens with one attached hydrogen (secondary N) is 1. The Morgan fingerprint density at radius 2 is 2.22 bits per heavy atom. The van der Waals surface area contributed by atoms with E-state index in [0.29, 0.717) is 12.1 Å². The molecule has 0 atom stereocenters. The van der Waals surface area contributed by atoms with Crippen molar-refractivity contribution in [3.63, 3.8) is 0 Å². The van der Waals surface area contributed by atoms with Crippen LogP contribution in [0.15, 0.2) is 18.5 Å². The van der Waals surface area contributed by atoms with Gasteiger partial charge in [0.2, 0.25) is 0 Å². The molecule has 1 aliphatic rings. The second-order valence-corrected chi connectivity index (χ2v) is 5.09. The first-order valence-electron chi connectivity index (χ1n) is 6.24. The molecular formula is C13H20N4O. The van der Waals surface area contributed by atoms with Gasteiger partial charge < -0.3 is 15.7 Å². The van der Waals surface area contributed by atoms with Gasteiger partial charge in [0, 0.05) is 25.4 Å². The number of nitrogens with two attached hydrogens (primary N) is 1. The normalized spacial score (nSPS) is 17.7. The van der Waals surface area contributed by atoms with Crippen molar-refractivity contribution in [2.75, 3.05) is 18.5 Å². The maximum absolute atomic E-state index is 10.4. The lowest BCUT2D eigenvalue weighted by atomic mass is 10.0. The van der Waals surface area contributed by atoms with Crippen LogP contribution in [0.2, 0.25) is 0 Å². The molecule has 5 heteroatoms. The van der Waals surface area contributed by atoms with Gasteiger partial charge in [-0.25, -0.2) is 0 Å². The highest BCUT2D eigenvalue weighted by Gasteiger charge is 2.32. The Morgan fingerprint density at radius 1 is 1.56 bits per heavy atom. The van der Waals surface area contributed by atoms with Gasteiger partial charge >= 0.3 is 0 Å². The minimum absolute atomic E-state index is 0.0256. The summed E-state index contributed by atoms with van der Waals surface area (Å²) in [4.78, 5) is 6.01. The largest absolute Gasteiger partial charge is 0.388 e. The highest BCUT2D eigenvalue weighted by Crippen LogP contribution is 2.31. The van der Waals surface area contributed by atoms with E-state index in [-0.39, 0.29) is 5.84 Å². The van der Waals surface area contributed by atoms with Gasteiger partial charge in [0.25, 0.3) is 0 Å². The first-order chi connectivity index (χ1) is 8.52. The minimum atomic E-state index is -0.612. The average molecular weight is 248 g/mol. The highest BCUT2D eigenvalue weighted by molar-refractivity contribution is 6.00. The summed E-state index contributed by atoms with van der Waals surface area (Å²) < 4.78 is 0. The number of nitrogens with zero attached hydrogens (tertiary/aromatic N) is 2. The number of aliphatic hydroxyl groups is 1. The Balaban J connectivity index is 2.18. The zero-order valence-corrected chi connectivity index (χ0v) is 10.7. The quantitative estimate of drug-likeness (QED) is 0.550. The fourth-order valence-corrected chi connectivity index (χ4v) is 2.64. The number of aromatic nitrogens is 1. The minimum Gasteiger partial charge on any atom is -0.388 e. The molecule has 4 N–H and O–H groups in total. The van der Waals surface area contributed by atoms with Gasteiger partial charge in [0.05, 0.1) is 17.5 Å². The van der Waals surface area contributed by atoms with Crippen LogP contribution in [-0.2, 0) is 0 Å². The summed E-state index contributed by atoms with van der Waals surface area (Å²) in [5.74, 6) is 0.0256. The van der Waals surface area contributed by atoms with E-state index in [9.17, 15) is 5.11 Å². The number of nitrogen functional groups attached to an aromatic ring is 1. The van der Waals surface area contributed by atoms with Gasteiger partial charge in [-0.1, -0.05) is 12.8 Å². The van der Waals surface area contributed by atoms with Crippen molar-refractivity contribution in [2.45, 2.75) is 31.3 Å². The molecule has 0 spiro atoms. The Kier molecular flexibility index (Phi) is 3.52. The van der Waals surface area contributed by atoms with Gasteiger partial charge in [-0.2, -0.15) is 0 Å². The van der Waals surface area contributed by atoms with Crippen molar-refractivity contribution in [3.05, 3.63) is 24.0 Å². The summed E-state index contributed by atoms with van der Waals surface area (Å²) >= 11 is 0. The maximum atomic E-state index is 10.4. The van der Waals surface area contributed by atoms with Crippen LogP contribution in [-0.4, -0.2) is 35.1 Å². The van der Waals surface area contributed by atoms with Gasteiger partial charge in [-0.15, -0.1) is 0 Å². The third kappa shape index (κ3) is 2.61. The fraction of sp³-hybridized carbons (Fsp3) is 0.538. The van der Waals surface area contributed by atoms with Gasteiger partial charge in [0.15, 0.2) is 0 Å². The molecule has 1 aromatic heterocycles. The highest BCUT2D eigenvalue weighted by atomic mass is 16.3. The average Bonchev–Trinajstić information content (AvgIpc) is 2.75.